The summed E-state index contributed by atoms with van der Waals surface area (Å²) >= 11 is 0. The van der Waals surface area contributed by atoms with E-state index in [0.717, 1.165) is 18.4 Å². The van der Waals surface area contributed by atoms with Gasteiger partial charge >= 0.3 is 5.97 Å². The summed E-state index contributed by atoms with van der Waals surface area (Å²) in [5, 5.41) is 5.32. The predicted octanol–water partition coefficient (Wildman–Crippen LogP) is 2.07. The second-order valence-electron chi connectivity index (χ2n) is 5.77. The Morgan fingerprint density at radius 2 is 1.76 bits per heavy atom. The Balaban J connectivity index is 2.17. The maximum absolute atomic E-state index is 12.8. The van der Waals surface area contributed by atoms with Gasteiger partial charge in [0, 0.05) is 26.4 Å². The van der Waals surface area contributed by atoms with E-state index < -0.39 is 18.0 Å². The van der Waals surface area contributed by atoms with Crippen molar-refractivity contribution in [1.82, 2.24) is 10.6 Å². The second kappa shape index (κ2) is 11.2. The summed E-state index contributed by atoms with van der Waals surface area (Å²) in [5.74, 6) is -1.23. The minimum atomic E-state index is -0.882. The first-order valence-electron chi connectivity index (χ1n) is 8.34. The van der Waals surface area contributed by atoms with Crippen LogP contribution in [-0.2, 0) is 25.7 Å². The molecule has 0 saturated carbocycles. The monoisotopic (exact) mass is 352 g/mol. The van der Waals surface area contributed by atoms with Gasteiger partial charge < -0.3 is 15.4 Å². The molecule has 7 heteroatoms. The van der Waals surface area contributed by atoms with Gasteiger partial charge in [0.2, 0.25) is 5.91 Å². The van der Waals surface area contributed by atoms with E-state index in [-0.39, 0.29) is 24.7 Å². The molecule has 0 saturated heterocycles. The number of unbranched alkanes of at least 4 members (excludes halogenated alkanes) is 2. The predicted molar refractivity (Wildman–Crippen MR) is 91.0 cm³/mol. The number of nitrogens with one attached hydrogen (secondary N) is 2. The topological polar surface area (TPSA) is 84.5 Å². The van der Waals surface area contributed by atoms with Crippen LogP contribution in [0.5, 0.6) is 0 Å². The second-order valence-corrected chi connectivity index (χ2v) is 5.77. The van der Waals surface area contributed by atoms with Crippen LogP contribution in [0.15, 0.2) is 24.3 Å². The molecule has 0 heterocycles. The van der Waals surface area contributed by atoms with Crippen LogP contribution in [0, 0.1) is 5.82 Å². The molecule has 2 amide bonds. The highest BCUT2D eigenvalue weighted by Gasteiger charge is 2.17. The molecule has 0 aromatic heterocycles. The molecular formula is C18H25FN2O4. The van der Waals surface area contributed by atoms with Crippen LogP contribution < -0.4 is 10.6 Å². The van der Waals surface area contributed by atoms with Crippen LogP contribution in [-0.4, -0.2) is 30.4 Å². The minimum Gasteiger partial charge on any atom is -0.453 e. The Kier molecular flexibility index (Phi) is 9.21. The maximum atomic E-state index is 12.8. The molecule has 138 valence electrons. The number of carbonyl (C=O) groups excluding carboxylic acids is 3. The van der Waals surface area contributed by atoms with Gasteiger partial charge in [0.1, 0.15) is 5.82 Å². The number of ether oxygens (including phenoxy) is 1. The average molecular weight is 352 g/mol. The van der Waals surface area contributed by atoms with Gasteiger partial charge in [0.15, 0.2) is 6.10 Å². The standard InChI is InChI=1S/C18H25FN2O4/c1-13(18(24)21-12-15-7-9-16(19)10-8-15)25-17(23)6-4-3-5-11-20-14(2)22/h7-10,13H,3-6,11-12H2,1-2H3,(H,20,22)(H,21,24). The first-order chi connectivity index (χ1) is 11.9. The highest BCUT2D eigenvalue weighted by atomic mass is 19.1. The highest BCUT2D eigenvalue weighted by molar-refractivity contribution is 5.83. The Morgan fingerprint density at radius 1 is 1.08 bits per heavy atom. The Morgan fingerprint density at radius 3 is 2.40 bits per heavy atom. The van der Waals surface area contributed by atoms with Gasteiger partial charge in [-0.1, -0.05) is 18.6 Å². The summed E-state index contributed by atoms with van der Waals surface area (Å²) in [6.45, 7) is 3.80. The third-order valence-corrected chi connectivity index (χ3v) is 3.49. The summed E-state index contributed by atoms with van der Waals surface area (Å²) in [6, 6.07) is 5.79. The molecule has 6 nitrogen and oxygen atoms in total. The Hall–Kier alpha value is -2.44. The van der Waals surface area contributed by atoms with Crippen LogP contribution in [0.1, 0.15) is 45.1 Å². The first-order valence-corrected chi connectivity index (χ1v) is 8.34. The fraction of sp³-hybridized carbons (Fsp3) is 0.500. The summed E-state index contributed by atoms with van der Waals surface area (Å²) in [5.41, 5.74) is 0.757. The van der Waals surface area contributed by atoms with E-state index in [1.54, 1.807) is 12.1 Å². The minimum absolute atomic E-state index is 0.0696. The molecule has 0 radical (unpaired) electrons. The van der Waals surface area contributed by atoms with Crippen LogP contribution in [0.2, 0.25) is 0 Å². The van der Waals surface area contributed by atoms with Gasteiger partial charge in [0.25, 0.3) is 5.91 Å². The number of rotatable bonds is 10. The summed E-state index contributed by atoms with van der Waals surface area (Å²) in [4.78, 5) is 34.3. The first kappa shape index (κ1) is 20.6. The average Bonchev–Trinajstić information content (AvgIpc) is 2.56. The molecule has 2 N–H and O–H groups in total. The van der Waals surface area contributed by atoms with E-state index in [2.05, 4.69) is 10.6 Å². The summed E-state index contributed by atoms with van der Waals surface area (Å²) in [7, 11) is 0. The zero-order valence-electron chi connectivity index (χ0n) is 14.6. The van der Waals surface area contributed by atoms with Gasteiger partial charge in [-0.25, -0.2) is 4.39 Å². The van der Waals surface area contributed by atoms with Crippen molar-refractivity contribution in [2.24, 2.45) is 0 Å². The Labute approximate surface area is 147 Å². The fourth-order valence-electron chi connectivity index (χ4n) is 2.08. The molecule has 1 aromatic carbocycles. The van der Waals surface area contributed by atoms with Crippen molar-refractivity contribution in [3.63, 3.8) is 0 Å². The van der Waals surface area contributed by atoms with Crippen molar-refractivity contribution in [2.75, 3.05) is 6.54 Å². The molecule has 1 atom stereocenters. The number of esters is 1. The normalized spacial score (nSPS) is 11.5. The van der Waals surface area contributed by atoms with Gasteiger partial charge in [-0.15, -0.1) is 0 Å². The molecular weight excluding hydrogens is 327 g/mol. The van der Waals surface area contributed by atoms with E-state index in [1.807, 2.05) is 0 Å². The van der Waals surface area contributed by atoms with Crippen molar-refractivity contribution >= 4 is 17.8 Å². The summed E-state index contributed by atoms with van der Waals surface area (Å²) < 4.78 is 17.9. The number of hydrogen-bond donors (Lipinski definition) is 2. The number of carbonyl (C=O) groups is 3. The van der Waals surface area contributed by atoms with Gasteiger partial charge in [-0.2, -0.15) is 0 Å². The smallest absolute Gasteiger partial charge is 0.306 e. The van der Waals surface area contributed by atoms with E-state index in [1.165, 1.54) is 26.0 Å². The molecule has 0 spiro atoms. The van der Waals surface area contributed by atoms with Crippen molar-refractivity contribution in [3.05, 3.63) is 35.6 Å². The highest BCUT2D eigenvalue weighted by Crippen LogP contribution is 2.05. The maximum Gasteiger partial charge on any atom is 0.306 e. The van der Waals surface area contributed by atoms with Gasteiger partial charge in [-0.05, 0) is 37.5 Å². The van der Waals surface area contributed by atoms with E-state index >= 15 is 0 Å². The van der Waals surface area contributed by atoms with Crippen LogP contribution in [0.4, 0.5) is 4.39 Å². The van der Waals surface area contributed by atoms with E-state index in [0.29, 0.717) is 13.0 Å². The largest absolute Gasteiger partial charge is 0.453 e. The molecule has 0 bridgehead atoms. The lowest BCUT2D eigenvalue weighted by molar-refractivity contribution is -0.155. The van der Waals surface area contributed by atoms with Crippen LogP contribution in [0.25, 0.3) is 0 Å². The zero-order chi connectivity index (χ0) is 18.7. The third-order valence-electron chi connectivity index (χ3n) is 3.49. The molecule has 0 fully saturated rings. The number of amides is 2. The van der Waals surface area contributed by atoms with Crippen molar-refractivity contribution in [3.8, 4) is 0 Å². The molecule has 25 heavy (non-hydrogen) atoms. The lowest BCUT2D eigenvalue weighted by atomic mass is 10.2. The van der Waals surface area contributed by atoms with Crippen molar-refractivity contribution in [2.45, 2.75) is 52.2 Å². The van der Waals surface area contributed by atoms with Gasteiger partial charge in [-0.3, -0.25) is 14.4 Å². The fourth-order valence-corrected chi connectivity index (χ4v) is 2.08. The third kappa shape index (κ3) is 9.44. The van der Waals surface area contributed by atoms with E-state index in [9.17, 15) is 18.8 Å². The zero-order valence-corrected chi connectivity index (χ0v) is 14.6. The molecule has 0 aliphatic heterocycles. The van der Waals surface area contributed by atoms with Crippen molar-refractivity contribution in [1.29, 1.82) is 0 Å². The van der Waals surface area contributed by atoms with Crippen molar-refractivity contribution < 1.29 is 23.5 Å². The molecule has 0 aliphatic carbocycles. The number of halogens is 1. The lowest BCUT2D eigenvalue weighted by Crippen LogP contribution is -2.35. The van der Waals surface area contributed by atoms with Crippen LogP contribution in [0.3, 0.4) is 0 Å². The molecule has 1 aromatic rings. The SMILES string of the molecule is CC(=O)NCCCCCC(=O)OC(C)C(=O)NCc1ccc(F)cc1. The quantitative estimate of drug-likeness (QED) is 0.499. The molecule has 0 aliphatic rings. The number of benzene rings is 1. The molecule has 1 rings (SSSR count). The van der Waals surface area contributed by atoms with Crippen LogP contribution >= 0.6 is 0 Å². The van der Waals surface area contributed by atoms with E-state index in [4.69, 9.17) is 4.74 Å². The lowest BCUT2D eigenvalue weighted by Gasteiger charge is -2.13. The molecule has 1 unspecified atom stereocenters. The number of hydrogen-bond acceptors (Lipinski definition) is 4. The van der Waals surface area contributed by atoms with Gasteiger partial charge in [0.05, 0.1) is 0 Å². The Bertz CT molecular complexity index is 575. The summed E-state index contributed by atoms with van der Waals surface area (Å²) in [6.07, 6.45) is 1.58.